The van der Waals surface area contributed by atoms with E-state index in [1.807, 2.05) is 13.8 Å². The summed E-state index contributed by atoms with van der Waals surface area (Å²) in [5.74, 6) is 0. The predicted octanol–water partition coefficient (Wildman–Crippen LogP) is 1.90. The number of rotatable bonds is 2. The van der Waals surface area contributed by atoms with Gasteiger partial charge in [0.1, 0.15) is 0 Å². The Morgan fingerprint density at radius 1 is 1.33 bits per heavy atom. The number of hydrogen-bond donors (Lipinski definition) is 0. The van der Waals surface area contributed by atoms with E-state index >= 15 is 0 Å². The van der Waals surface area contributed by atoms with Crippen LogP contribution in [0.25, 0.3) is 0 Å². The Morgan fingerprint density at radius 2 is 1.92 bits per heavy atom. The molecule has 2 rings (SSSR count). The molecule has 0 unspecified atom stereocenters. The second-order valence-corrected chi connectivity index (χ2v) is 3.49. The van der Waals surface area contributed by atoms with Crippen LogP contribution in [0.3, 0.4) is 0 Å². The smallest absolute Gasteiger partial charge is 0.0956 e. The molecule has 0 N–H and O–H groups in total. The van der Waals surface area contributed by atoms with Gasteiger partial charge in [0.2, 0.25) is 0 Å². The molecule has 2 heteroatoms. The van der Waals surface area contributed by atoms with Crippen LogP contribution in [0, 0.1) is 0 Å². The fraction of sp³-hybridized carbons (Fsp3) is 1.00. The summed E-state index contributed by atoms with van der Waals surface area (Å²) in [6.07, 6.45) is 2.57. The molecule has 0 aromatic heterocycles. The van der Waals surface area contributed by atoms with Crippen molar-refractivity contribution in [1.29, 1.82) is 0 Å². The van der Waals surface area contributed by atoms with Gasteiger partial charge in [-0.2, -0.15) is 0 Å². The second-order valence-electron chi connectivity index (χ2n) is 3.49. The monoisotopic (exact) mass is 171 g/mol. The molecule has 12 heavy (non-hydrogen) atoms. The van der Waals surface area contributed by atoms with E-state index in [1.54, 1.807) is 0 Å². The molecule has 0 bridgehead atoms. The summed E-state index contributed by atoms with van der Waals surface area (Å²) in [6.45, 7) is 10.9. The van der Waals surface area contributed by atoms with Crippen LogP contribution >= 0.6 is 0 Å². The first-order valence-corrected chi connectivity index (χ1v) is 5.21. The van der Waals surface area contributed by atoms with E-state index in [0.29, 0.717) is 5.60 Å². The lowest BCUT2D eigenvalue weighted by Crippen LogP contribution is -2.68. The van der Waals surface area contributed by atoms with Crippen molar-refractivity contribution >= 4 is 0 Å². The number of likely N-dealkylation sites (tertiary alicyclic amines) is 1. The van der Waals surface area contributed by atoms with Crippen molar-refractivity contribution in [2.75, 3.05) is 26.2 Å². The summed E-state index contributed by atoms with van der Waals surface area (Å²) in [5, 5.41) is 0. The Balaban J connectivity index is 0.000000336. The maximum Gasteiger partial charge on any atom is 0.0956 e. The Morgan fingerprint density at radius 3 is 2.25 bits per heavy atom. The minimum Gasteiger partial charge on any atom is -0.372 e. The van der Waals surface area contributed by atoms with E-state index in [1.165, 1.54) is 32.5 Å². The van der Waals surface area contributed by atoms with Crippen molar-refractivity contribution in [3.05, 3.63) is 0 Å². The van der Waals surface area contributed by atoms with E-state index in [0.717, 1.165) is 6.61 Å². The molecule has 0 aliphatic carbocycles. The zero-order chi connectivity index (χ0) is 9.03. The van der Waals surface area contributed by atoms with E-state index in [4.69, 9.17) is 4.74 Å². The Labute approximate surface area is 75.9 Å². The molecule has 0 amide bonds. The van der Waals surface area contributed by atoms with Crippen LogP contribution < -0.4 is 0 Å². The highest BCUT2D eigenvalue weighted by molar-refractivity contribution is 5.01. The van der Waals surface area contributed by atoms with Crippen molar-refractivity contribution < 1.29 is 4.74 Å². The second kappa shape index (κ2) is 4.24. The van der Waals surface area contributed by atoms with Gasteiger partial charge < -0.3 is 4.74 Å². The van der Waals surface area contributed by atoms with Crippen molar-refractivity contribution in [2.45, 2.75) is 39.2 Å². The minimum absolute atomic E-state index is 0.342. The summed E-state index contributed by atoms with van der Waals surface area (Å²) in [4.78, 5) is 2.47. The van der Waals surface area contributed by atoms with Crippen molar-refractivity contribution in [1.82, 2.24) is 4.90 Å². The van der Waals surface area contributed by atoms with Gasteiger partial charge in [0.25, 0.3) is 0 Å². The van der Waals surface area contributed by atoms with Crippen LogP contribution in [0.15, 0.2) is 0 Å². The van der Waals surface area contributed by atoms with Gasteiger partial charge in [0, 0.05) is 19.5 Å². The minimum atomic E-state index is 0.342. The topological polar surface area (TPSA) is 12.5 Å². The van der Waals surface area contributed by atoms with E-state index < -0.39 is 0 Å². The molecule has 2 nitrogen and oxygen atoms in total. The molecule has 2 fully saturated rings. The third-order valence-corrected chi connectivity index (χ3v) is 2.53. The van der Waals surface area contributed by atoms with Gasteiger partial charge in [0.05, 0.1) is 12.2 Å². The van der Waals surface area contributed by atoms with Gasteiger partial charge >= 0.3 is 0 Å². The first kappa shape index (κ1) is 10.0. The molecule has 0 radical (unpaired) electrons. The van der Waals surface area contributed by atoms with Crippen LogP contribution in [0.1, 0.15) is 33.6 Å². The number of hydrogen-bond acceptors (Lipinski definition) is 2. The quantitative estimate of drug-likeness (QED) is 0.629. The molecular formula is C10H21NO. The van der Waals surface area contributed by atoms with Crippen LogP contribution in [-0.2, 0) is 4.74 Å². The number of nitrogens with zero attached hydrogens (tertiary/aromatic N) is 1. The molecule has 0 atom stereocenters. The molecule has 2 aliphatic rings. The van der Waals surface area contributed by atoms with E-state index in [9.17, 15) is 0 Å². The van der Waals surface area contributed by atoms with Gasteiger partial charge in [-0.15, -0.1) is 0 Å². The van der Waals surface area contributed by atoms with Crippen LogP contribution in [0.4, 0.5) is 0 Å². The largest absolute Gasteiger partial charge is 0.372 e. The summed E-state index contributed by atoms with van der Waals surface area (Å²) in [6, 6.07) is 0. The lowest BCUT2D eigenvalue weighted by atomic mass is 9.86. The molecule has 2 heterocycles. The van der Waals surface area contributed by atoms with E-state index in [2.05, 4.69) is 11.8 Å². The molecule has 72 valence electrons. The molecular weight excluding hydrogens is 150 g/mol. The summed E-state index contributed by atoms with van der Waals surface area (Å²) in [5.41, 5.74) is 0.342. The summed E-state index contributed by atoms with van der Waals surface area (Å²) < 4.78 is 5.49. The van der Waals surface area contributed by atoms with Gasteiger partial charge in [-0.1, -0.05) is 20.8 Å². The summed E-state index contributed by atoms with van der Waals surface area (Å²) in [7, 11) is 0. The highest BCUT2D eigenvalue weighted by atomic mass is 16.5. The Bertz CT molecular complexity index is 124. The fourth-order valence-corrected chi connectivity index (χ4v) is 1.88. The van der Waals surface area contributed by atoms with Crippen molar-refractivity contribution in [3.8, 4) is 0 Å². The molecule has 2 aliphatic heterocycles. The Kier molecular flexibility index (Phi) is 3.53. The summed E-state index contributed by atoms with van der Waals surface area (Å²) >= 11 is 0. The molecule has 1 spiro atoms. The van der Waals surface area contributed by atoms with Crippen LogP contribution in [0.5, 0.6) is 0 Å². The molecule has 2 saturated heterocycles. The van der Waals surface area contributed by atoms with Gasteiger partial charge in [-0.25, -0.2) is 0 Å². The SMILES string of the molecule is CC.CCCN1CC2(CCO2)C1. The fourth-order valence-electron chi connectivity index (χ4n) is 1.88. The van der Waals surface area contributed by atoms with Gasteiger partial charge in [-0.3, -0.25) is 4.90 Å². The van der Waals surface area contributed by atoms with Crippen molar-refractivity contribution in [2.24, 2.45) is 0 Å². The molecule has 0 aromatic rings. The van der Waals surface area contributed by atoms with Gasteiger partial charge in [0.15, 0.2) is 0 Å². The first-order valence-electron chi connectivity index (χ1n) is 5.21. The lowest BCUT2D eigenvalue weighted by Gasteiger charge is -2.55. The third kappa shape index (κ3) is 1.80. The zero-order valence-electron chi connectivity index (χ0n) is 8.60. The van der Waals surface area contributed by atoms with E-state index in [-0.39, 0.29) is 0 Å². The predicted molar refractivity (Wildman–Crippen MR) is 51.4 cm³/mol. The highest BCUT2D eigenvalue weighted by Crippen LogP contribution is 2.35. The zero-order valence-corrected chi connectivity index (χ0v) is 8.60. The average Bonchev–Trinajstić information content (AvgIpc) is 1.96. The first-order chi connectivity index (χ1) is 5.85. The Hall–Kier alpha value is -0.0800. The lowest BCUT2D eigenvalue weighted by molar-refractivity contribution is -0.221. The molecule has 0 aromatic carbocycles. The number of ether oxygens (including phenoxy) is 1. The maximum atomic E-state index is 5.49. The average molecular weight is 171 g/mol. The van der Waals surface area contributed by atoms with Gasteiger partial charge in [-0.05, 0) is 13.0 Å². The van der Waals surface area contributed by atoms with Crippen molar-refractivity contribution in [3.63, 3.8) is 0 Å². The standard InChI is InChI=1S/C8H15NO.C2H6/c1-2-4-9-6-8(7-9)3-5-10-8;1-2/h2-7H2,1H3;1-2H3. The third-order valence-electron chi connectivity index (χ3n) is 2.53. The van der Waals surface area contributed by atoms with Crippen LogP contribution in [-0.4, -0.2) is 36.7 Å². The normalized spacial score (nSPS) is 25.2. The molecule has 0 saturated carbocycles. The highest BCUT2D eigenvalue weighted by Gasteiger charge is 2.48. The van der Waals surface area contributed by atoms with Crippen LogP contribution in [0.2, 0.25) is 0 Å². The maximum absolute atomic E-state index is 5.49.